The number of rotatable bonds is 8. The highest BCUT2D eigenvalue weighted by atomic mass is 32.2. The minimum atomic E-state index is -3.30. The maximum atomic E-state index is 11.4. The summed E-state index contributed by atoms with van der Waals surface area (Å²) in [6.45, 7) is 2.54. The van der Waals surface area contributed by atoms with Crippen molar-refractivity contribution in [3.8, 4) is 17.0 Å². The first-order valence-electron chi connectivity index (χ1n) is 9.95. The van der Waals surface area contributed by atoms with Crippen molar-refractivity contribution in [2.75, 3.05) is 16.3 Å². The number of hydrogen-bond acceptors (Lipinski definition) is 6. The van der Waals surface area contributed by atoms with E-state index in [2.05, 4.69) is 10.0 Å². The van der Waals surface area contributed by atoms with E-state index in [0.29, 0.717) is 12.3 Å². The fourth-order valence-electron chi connectivity index (χ4n) is 3.13. The largest absolute Gasteiger partial charge is 0.489 e. The molecule has 0 atom stereocenters. The number of aryl methyl sites for hydroxylation is 1. The second-order valence-corrected chi connectivity index (χ2v) is 10.3. The smallest absolute Gasteiger partial charge is 0.229 e. The zero-order valence-corrected chi connectivity index (χ0v) is 19.3. The molecule has 2 N–H and O–H groups in total. The quantitative estimate of drug-likeness (QED) is 0.343. The van der Waals surface area contributed by atoms with E-state index >= 15 is 0 Å². The van der Waals surface area contributed by atoms with Gasteiger partial charge in [0, 0.05) is 21.8 Å². The monoisotopic (exact) mass is 465 g/mol. The number of benzene rings is 3. The van der Waals surface area contributed by atoms with Gasteiger partial charge >= 0.3 is 0 Å². The minimum absolute atomic E-state index is 0.525. The second kappa shape index (κ2) is 9.42. The Balaban J connectivity index is 1.40. The van der Waals surface area contributed by atoms with E-state index in [0.717, 1.165) is 44.5 Å². The van der Waals surface area contributed by atoms with Gasteiger partial charge in [0.05, 0.1) is 11.9 Å². The molecule has 0 aliphatic rings. The maximum Gasteiger partial charge on any atom is 0.229 e. The van der Waals surface area contributed by atoms with Gasteiger partial charge in [-0.2, -0.15) is 0 Å². The van der Waals surface area contributed by atoms with Crippen molar-refractivity contribution < 1.29 is 13.2 Å². The lowest BCUT2D eigenvalue weighted by Gasteiger charge is -2.08. The van der Waals surface area contributed by atoms with Crippen LogP contribution in [0.5, 0.6) is 5.75 Å². The number of sulfonamides is 1. The standard InChI is InChI=1S/C24H23N3O3S2/c1-17-23(19-8-10-21(11-9-19)27-32(2,28)29)26-24(31-17)25-20-12-14-22(15-13-20)30-16-18-6-4-3-5-7-18/h3-15,27H,16H2,1-2H3,(H,25,26). The number of thiazole rings is 1. The lowest BCUT2D eigenvalue weighted by molar-refractivity contribution is 0.306. The van der Waals surface area contributed by atoms with E-state index in [1.54, 1.807) is 23.5 Å². The highest BCUT2D eigenvalue weighted by Crippen LogP contribution is 2.33. The van der Waals surface area contributed by atoms with Gasteiger partial charge < -0.3 is 10.1 Å². The van der Waals surface area contributed by atoms with E-state index < -0.39 is 10.0 Å². The predicted molar refractivity (Wildman–Crippen MR) is 131 cm³/mol. The molecule has 4 aromatic rings. The molecule has 32 heavy (non-hydrogen) atoms. The molecule has 4 rings (SSSR count). The van der Waals surface area contributed by atoms with E-state index in [9.17, 15) is 8.42 Å². The number of nitrogens with zero attached hydrogens (tertiary/aromatic N) is 1. The Hall–Kier alpha value is -3.36. The van der Waals surface area contributed by atoms with E-state index in [1.165, 1.54) is 0 Å². The summed E-state index contributed by atoms with van der Waals surface area (Å²) in [5.74, 6) is 0.804. The number of nitrogens with one attached hydrogen (secondary N) is 2. The Labute approximate surface area is 192 Å². The summed E-state index contributed by atoms with van der Waals surface area (Å²) >= 11 is 1.56. The van der Waals surface area contributed by atoms with Crippen LogP contribution in [0, 0.1) is 6.92 Å². The molecule has 0 aliphatic heterocycles. The third-order valence-electron chi connectivity index (χ3n) is 4.61. The number of ether oxygens (including phenoxy) is 1. The van der Waals surface area contributed by atoms with Crippen molar-refractivity contribution >= 4 is 37.9 Å². The summed E-state index contributed by atoms with van der Waals surface area (Å²) < 4.78 is 31.0. The van der Waals surface area contributed by atoms with Crippen LogP contribution in [0.15, 0.2) is 78.9 Å². The molecule has 0 fully saturated rings. The molecule has 3 aromatic carbocycles. The Morgan fingerprint density at radius 3 is 2.22 bits per heavy atom. The fourth-order valence-corrected chi connectivity index (χ4v) is 4.55. The van der Waals surface area contributed by atoms with Crippen LogP contribution in [0.1, 0.15) is 10.4 Å². The number of anilines is 3. The van der Waals surface area contributed by atoms with Gasteiger partial charge in [-0.05, 0) is 48.9 Å². The van der Waals surface area contributed by atoms with Gasteiger partial charge in [0.15, 0.2) is 5.13 Å². The zero-order chi connectivity index (χ0) is 22.6. The summed E-state index contributed by atoms with van der Waals surface area (Å²) in [6, 6.07) is 25.0. The molecule has 8 heteroatoms. The fraction of sp³-hybridized carbons (Fsp3) is 0.125. The third-order valence-corrected chi connectivity index (χ3v) is 6.10. The molecular formula is C24H23N3O3S2. The Morgan fingerprint density at radius 1 is 0.906 bits per heavy atom. The predicted octanol–water partition coefficient (Wildman–Crippen LogP) is 5.81. The first kappa shape index (κ1) is 21.9. The molecular weight excluding hydrogens is 442 g/mol. The summed E-state index contributed by atoms with van der Waals surface area (Å²) in [4.78, 5) is 5.78. The van der Waals surface area contributed by atoms with Gasteiger partial charge in [-0.3, -0.25) is 4.72 Å². The van der Waals surface area contributed by atoms with E-state index in [4.69, 9.17) is 9.72 Å². The highest BCUT2D eigenvalue weighted by molar-refractivity contribution is 7.92. The molecule has 0 amide bonds. The molecule has 0 bridgehead atoms. The van der Waals surface area contributed by atoms with Crippen LogP contribution < -0.4 is 14.8 Å². The van der Waals surface area contributed by atoms with Crippen LogP contribution in [0.4, 0.5) is 16.5 Å². The first-order valence-corrected chi connectivity index (χ1v) is 12.7. The summed E-state index contributed by atoms with van der Waals surface area (Å²) in [5, 5.41) is 4.12. The SMILES string of the molecule is Cc1sc(Nc2ccc(OCc3ccccc3)cc2)nc1-c1ccc(NS(C)(=O)=O)cc1. The van der Waals surface area contributed by atoms with Crippen molar-refractivity contribution in [2.24, 2.45) is 0 Å². The average molecular weight is 466 g/mol. The van der Waals surface area contributed by atoms with Gasteiger partial charge in [0.25, 0.3) is 0 Å². The zero-order valence-electron chi connectivity index (χ0n) is 17.7. The van der Waals surface area contributed by atoms with Crippen LogP contribution in [-0.2, 0) is 16.6 Å². The highest BCUT2D eigenvalue weighted by Gasteiger charge is 2.11. The molecule has 1 aromatic heterocycles. The molecule has 0 radical (unpaired) electrons. The molecule has 0 unspecified atom stereocenters. The number of hydrogen-bond donors (Lipinski definition) is 2. The van der Waals surface area contributed by atoms with Gasteiger partial charge in [-0.25, -0.2) is 13.4 Å². The van der Waals surface area contributed by atoms with Crippen LogP contribution in [-0.4, -0.2) is 19.7 Å². The van der Waals surface area contributed by atoms with Crippen molar-refractivity contribution in [1.29, 1.82) is 0 Å². The second-order valence-electron chi connectivity index (χ2n) is 7.30. The first-order chi connectivity index (χ1) is 15.4. The van der Waals surface area contributed by atoms with Crippen molar-refractivity contribution in [3.05, 3.63) is 89.3 Å². The lowest BCUT2D eigenvalue weighted by atomic mass is 10.1. The maximum absolute atomic E-state index is 11.4. The van der Waals surface area contributed by atoms with Gasteiger partial charge in [-0.15, -0.1) is 11.3 Å². The van der Waals surface area contributed by atoms with Crippen molar-refractivity contribution in [1.82, 2.24) is 4.98 Å². The Morgan fingerprint density at radius 2 is 1.56 bits per heavy atom. The molecule has 0 spiro atoms. The van der Waals surface area contributed by atoms with Crippen molar-refractivity contribution in [3.63, 3.8) is 0 Å². The minimum Gasteiger partial charge on any atom is -0.489 e. The van der Waals surface area contributed by atoms with E-state index in [-0.39, 0.29) is 0 Å². The van der Waals surface area contributed by atoms with Crippen molar-refractivity contribution in [2.45, 2.75) is 13.5 Å². The third kappa shape index (κ3) is 5.87. The van der Waals surface area contributed by atoms with Gasteiger partial charge in [0.1, 0.15) is 12.4 Å². The topological polar surface area (TPSA) is 80.3 Å². The van der Waals surface area contributed by atoms with Crippen LogP contribution in [0.3, 0.4) is 0 Å². The lowest BCUT2D eigenvalue weighted by Crippen LogP contribution is -2.09. The number of aromatic nitrogens is 1. The molecule has 0 aliphatic carbocycles. The summed E-state index contributed by atoms with van der Waals surface area (Å²) in [7, 11) is -3.30. The van der Waals surface area contributed by atoms with Crippen LogP contribution in [0.25, 0.3) is 11.3 Å². The Kier molecular flexibility index (Phi) is 6.43. The molecule has 164 valence electrons. The van der Waals surface area contributed by atoms with Gasteiger partial charge in [-0.1, -0.05) is 42.5 Å². The Bertz CT molecular complexity index is 1280. The summed E-state index contributed by atoms with van der Waals surface area (Å²) in [6.07, 6.45) is 1.13. The summed E-state index contributed by atoms with van der Waals surface area (Å²) in [5.41, 5.74) is 4.37. The van der Waals surface area contributed by atoms with Gasteiger partial charge in [0.2, 0.25) is 10.0 Å². The van der Waals surface area contributed by atoms with Crippen LogP contribution >= 0.6 is 11.3 Å². The molecule has 0 saturated heterocycles. The normalized spacial score (nSPS) is 11.2. The molecule has 1 heterocycles. The molecule has 0 saturated carbocycles. The van der Waals surface area contributed by atoms with Crippen LogP contribution in [0.2, 0.25) is 0 Å². The average Bonchev–Trinajstić information content (AvgIpc) is 3.13. The van der Waals surface area contributed by atoms with E-state index in [1.807, 2.05) is 73.7 Å². The molecule has 6 nitrogen and oxygen atoms in total.